The molecule has 19 heavy (non-hydrogen) atoms. The van der Waals surface area contributed by atoms with E-state index in [9.17, 15) is 9.59 Å². The number of carboxylic acids is 1. The summed E-state index contributed by atoms with van der Waals surface area (Å²) in [5, 5.41) is 9.65. The Kier molecular flexibility index (Phi) is 3.92. The number of hydrogen-bond acceptors (Lipinski definition) is 4. The number of benzene rings is 1. The van der Waals surface area contributed by atoms with Crippen molar-refractivity contribution in [2.24, 2.45) is 0 Å². The van der Waals surface area contributed by atoms with E-state index in [2.05, 4.69) is 9.97 Å². The summed E-state index contributed by atoms with van der Waals surface area (Å²) in [6.07, 6.45) is 0. The molecule has 0 fully saturated rings. The standard InChI is InChI=1S/C12H9ClN2O3S/c1-6-14-10(16)5-11(15-6)19-7-2-3-9(13)8(4-7)12(17)18/h2-5H,1H3,(H,17,18)(H,14,15,16). The molecular weight excluding hydrogens is 288 g/mol. The SMILES string of the molecule is Cc1nc(Sc2ccc(Cl)c(C(=O)O)c2)cc(=O)[nH]1. The van der Waals surface area contributed by atoms with Crippen molar-refractivity contribution in [2.45, 2.75) is 16.8 Å². The average molecular weight is 297 g/mol. The van der Waals surface area contributed by atoms with Gasteiger partial charge in [0.25, 0.3) is 5.56 Å². The van der Waals surface area contributed by atoms with Crippen molar-refractivity contribution in [3.63, 3.8) is 0 Å². The Morgan fingerprint density at radius 2 is 2.16 bits per heavy atom. The Labute approximate surface area is 117 Å². The molecule has 0 unspecified atom stereocenters. The van der Waals surface area contributed by atoms with Crippen molar-refractivity contribution < 1.29 is 9.90 Å². The monoisotopic (exact) mass is 296 g/mol. The molecule has 2 N–H and O–H groups in total. The van der Waals surface area contributed by atoms with Gasteiger partial charge >= 0.3 is 5.97 Å². The summed E-state index contributed by atoms with van der Waals surface area (Å²) < 4.78 is 0. The zero-order valence-electron chi connectivity index (χ0n) is 9.81. The van der Waals surface area contributed by atoms with Crippen molar-refractivity contribution in [2.75, 3.05) is 0 Å². The molecule has 0 aliphatic rings. The van der Waals surface area contributed by atoms with Crippen molar-refractivity contribution in [1.29, 1.82) is 0 Å². The van der Waals surface area contributed by atoms with Gasteiger partial charge in [0, 0.05) is 11.0 Å². The fraction of sp³-hybridized carbons (Fsp3) is 0.0833. The van der Waals surface area contributed by atoms with E-state index in [1.807, 2.05) is 0 Å². The first-order valence-corrected chi connectivity index (χ1v) is 6.44. The van der Waals surface area contributed by atoms with Crippen LogP contribution in [0.4, 0.5) is 0 Å². The Morgan fingerprint density at radius 3 is 2.79 bits per heavy atom. The van der Waals surface area contributed by atoms with Gasteiger partial charge in [0.1, 0.15) is 10.9 Å². The smallest absolute Gasteiger partial charge is 0.337 e. The molecule has 0 amide bonds. The zero-order chi connectivity index (χ0) is 14.0. The third-order valence-corrected chi connectivity index (χ3v) is 3.46. The van der Waals surface area contributed by atoms with Crippen LogP contribution in [0.25, 0.3) is 0 Å². The predicted octanol–water partition coefficient (Wildman–Crippen LogP) is 2.58. The van der Waals surface area contributed by atoms with Gasteiger partial charge in [0.15, 0.2) is 0 Å². The molecule has 0 spiro atoms. The molecule has 0 aliphatic carbocycles. The highest BCUT2D eigenvalue weighted by atomic mass is 35.5. The van der Waals surface area contributed by atoms with Crippen molar-refractivity contribution in [1.82, 2.24) is 9.97 Å². The van der Waals surface area contributed by atoms with Crippen molar-refractivity contribution in [3.05, 3.63) is 51.0 Å². The number of nitrogens with zero attached hydrogens (tertiary/aromatic N) is 1. The van der Waals surface area contributed by atoms with Gasteiger partial charge in [-0.25, -0.2) is 9.78 Å². The van der Waals surface area contributed by atoms with Crippen LogP contribution in [0.15, 0.2) is 39.0 Å². The number of aryl methyl sites for hydroxylation is 1. The second-order valence-electron chi connectivity index (χ2n) is 3.72. The molecule has 0 aliphatic heterocycles. The van der Waals surface area contributed by atoms with E-state index in [-0.39, 0.29) is 16.1 Å². The third-order valence-electron chi connectivity index (χ3n) is 2.23. The number of aromatic nitrogens is 2. The Bertz CT molecular complexity index is 700. The van der Waals surface area contributed by atoms with E-state index in [0.29, 0.717) is 15.7 Å². The average Bonchev–Trinajstić information content (AvgIpc) is 2.30. The molecule has 0 saturated heterocycles. The maximum Gasteiger partial charge on any atom is 0.337 e. The lowest BCUT2D eigenvalue weighted by Crippen LogP contribution is -2.08. The van der Waals surface area contributed by atoms with E-state index in [0.717, 1.165) is 0 Å². The summed E-state index contributed by atoms with van der Waals surface area (Å²) in [5.41, 5.74) is -0.226. The molecule has 5 nitrogen and oxygen atoms in total. The molecule has 0 atom stereocenters. The van der Waals surface area contributed by atoms with E-state index < -0.39 is 5.97 Å². The lowest BCUT2D eigenvalue weighted by Gasteiger charge is -2.04. The second-order valence-corrected chi connectivity index (χ2v) is 5.22. The van der Waals surface area contributed by atoms with Crippen LogP contribution in [-0.2, 0) is 0 Å². The van der Waals surface area contributed by atoms with Gasteiger partial charge in [0.05, 0.1) is 10.6 Å². The first-order chi connectivity index (χ1) is 8.95. The summed E-state index contributed by atoms with van der Waals surface area (Å²) in [7, 11) is 0. The lowest BCUT2D eigenvalue weighted by molar-refractivity contribution is 0.0697. The van der Waals surface area contributed by atoms with Crippen LogP contribution < -0.4 is 5.56 Å². The summed E-state index contributed by atoms with van der Waals surface area (Å²) >= 11 is 6.99. The maximum atomic E-state index is 11.3. The van der Waals surface area contributed by atoms with E-state index in [1.165, 1.54) is 30.0 Å². The highest BCUT2D eigenvalue weighted by Gasteiger charge is 2.10. The zero-order valence-corrected chi connectivity index (χ0v) is 11.4. The summed E-state index contributed by atoms with van der Waals surface area (Å²) in [5.74, 6) is -0.593. The molecule has 0 bridgehead atoms. The minimum atomic E-state index is -1.09. The molecule has 1 aromatic carbocycles. The van der Waals surface area contributed by atoms with Crippen LogP contribution in [0.3, 0.4) is 0 Å². The van der Waals surface area contributed by atoms with Gasteiger partial charge in [-0.15, -0.1) is 0 Å². The van der Waals surface area contributed by atoms with Gasteiger partial charge in [0.2, 0.25) is 0 Å². The van der Waals surface area contributed by atoms with Gasteiger partial charge in [-0.3, -0.25) is 4.79 Å². The summed E-state index contributed by atoms with van der Waals surface area (Å²) in [6, 6.07) is 5.99. The number of halogens is 1. The van der Waals surface area contributed by atoms with E-state index in [4.69, 9.17) is 16.7 Å². The Balaban J connectivity index is 2.36. The highest BCUT2D eigenvalue weighted by Crippen LogP contribution is 2.28. The summed E-state index contributed by atoms with van der Waals surface area (Å²) in [4.78, 5) is 29.6. The Hall–Kier alpha value is -1.79. The fourth-order valence-corrected chi connectivity index (χ4v) is 2.56. The molecule has 0 radical (unpaired) electrons. The van der Waals surface area contributed by atoms with E-state index >= 15 is 0 Å². The Morgan fingerprint density at radius 1 is 1.42 bits per heavy atom. The van der Waals surface area contributed by atoms with Crippen LogP contribution >= 0.6 is 23.4 Å². The maximum absolute atomic E-state index is 11.3. The number of aromatic carboxylic acids is 1. The number of aromatic amines is 1. The quantitative estimate of drug-likeness (QED) is 0.851. The topological polar surface area (TPSA) is 83.0 Å². The number of rotatable bonds is 3. The first kappa shape index (κ1) is 13.6. The van der Waals surface area contributed by atoms with Gasteiger partial charge in [-0.1, -0.05) is 23.4 Å². The molecule has 1 heterocycles. The van der Waals surface area contributed by atoms with Crippen molar-refractivity contribution in [3.8, 4) is 0 Å². The van der Waals surface area contributed by atoms with Crippen LogP contribution in [0, 0.1) is 6.92 Å². The first-order valence-electron chi connectivity index (χ1n) is 5.24. The lowest BCUT2D eigenvalue weighted by atomic mass is 10.2. The van der Waals surface area contributed by atoms with Crippen LogP contribution in [0.1, 0.15) is 16.2 Å². The minimum absolute atomic E-state index is 0.0215. The number of carboxylic acid groups (broad SMARTS) is 1. The third kappa shape index (κ3) is 3.36. The predicted molar refractivity (Wildman–Crippen MR) is 72.1 cm³/mol. The normalized spacial score (nSPS) is 10.4. The highest BCUT2D eigenvalue weighted by molar-refractivity contribution is 7.99. The van der Waals surface area contributed by atoms with Crippen molar-refractivity contribution >= 4 is 29.3 Å². The summed E-state index contributed by atoms with van der Waals surface area (Å²) in [6.45, 7) is 1.68. The van der Waals surface area contributed by atoms with Gasteiger partial charge in [-0.05, 0) is 25.1 Å². The molecule has 0 saturated carbocycles. The number of H-pyrrole nitrogens is 1. The minimum Gasteiger partial charge on any atom is -0.478 e. The van der Waals surface area contributed by atoms with Crippen LogP contribution in [0.2, 0.25) is 5.02 Å². The van der Waals surface area contributed by atoms with Gasteiger partial charge < -0.3 is 10.1 Å². The van der Waals surface area contributed by atoms with Crippen LogP contribution in [0.5, 0.6) is 0 Å². The largest absolute Gasteiger partial charge is 0.478 e. The number of carbonyl (C=O) groups is 1. The van der Waals surface area contributed by atoms with Crippen LogP contribution in [-0.4, -0.2) is 21.0 Å². The molecule has 2 rings (SSSR count). The van der Waals surface area contributed by atoms with E-state index in [1.54, 1.807) is 13.0 Å². The fourth-order valence-electron chi connectivity index (χ4n) is 1.46. The molecule has 2 aromatic rings. The number of nitrogens with one attached hydrogen (secondary N) is 1. The molecular formula is C12H9ClN2O3S. The molecule has 98 valence electrons. The van der Waals surface area contributed by atoms with Gasteiger partial charge in [-0.2, -0.15) is 0 Å². The molecule has 1 aromatic heterocycles. The number of hydrogen-bond donors (Lipinski definition) is 2. The second kappa shape index (κ2) is 5.46. The molecule has 7 heteroatoms.